The van der Waals surface area contributed by atoms with Gasteiger partial charge in [-0.15, -0.1) is 0 Å². The first-order valence-corrected chi connectivity index (χ1v) is 7.90. The van der Waals surface area contributed by atoms with E-state index in [2.05, 4.69) is 25.6 Å². The molecule has 0 spiro atoms. The largest absolute Gasteiger partial charge is 0.497 e. The molecule has 3 rings (SSSR count). The van der Waals surface area contributed by atoms with Crippen LogP contribution in [-0.4, -0.2) is 29.2 Å². The molecule has 3 aromatic rings. The highest BCUT2D eigenvalue weighted by atomic mass is 16.5. The second-order valence-electron chi connectivity index (χ2n) is 5.52. The minimum absolute atomic E-state index is 0.361. The first-order chi connectivity index (χ1) is 12.6. The number of nitrogens with zero attached hydrogens (tertiary/aromatic N) is 3. The molecule has 0 aliphatic heterocycles. The van der Waals surface area contributed by atoms with E-state index in [1.807, 2.05) is 25.1 Å². The third-order valence-electron chi connectivity index (χ3n) is 3.70. The third-order valence-corrected chi connectivity index (χ3v) is 3.70. The molecule has 0 unspecified atom stereocenters. The van der Waals surface area contributed by atoms with Gasteiger partial charge in [-0.3, -0.25) is 0 Å². The molecule has 0 fully saturated rings. The Bertz CT molecular complexity index is 899. The van der Waals surface area contributed by atoms with Crippen molar-refractivity contribution in [1.29, 1.82) is 0 Å². The standard InChI is InChI=1S/C18H20N6O2/c1-11-4-7-15(20-9-11)24-18-16(19)17(21-10-22-18)23-13-8-12(25-2)5-6-14(13)26-3/h4-10H,19H2,1-3H3,(H2,20,21,22,23,24). The number of nitrogen functional groups attached to an aromatic ring is 1. The predicted molar refractivity (Wildman–Crippen MR) is 102 cm³/mol. The Morgan fingerprint density at radius 1 is 0.923 bits per heavy atom. The molecule has 0 saturated carbocycles. The summed E-state index contributed by atoms with van der Waals surface area (Å²) in [6.07, 6.45) is 3.18. The minimum atomic E-state index is 0.361. The van der Waals surface area contributed by atoms with Crippen molar-refractivity contribution in [2.24, 2.45) is 0 Å². The molecule has 8 heteroatoms. The molecule has 0 saturated heterocycles. The Hall–Kier alpha value is -3.55. The zero-order valence-corrected chi connectivity index (χ0v) is 14.8. The topological polar surface area (TPSA) is 107 Å². The van der Waals surface area contributed by atoms with Crippen molar-refractivity contribution < 1.29 is 9.47 Å². The Kier molecular flexibility index (Phi) is 5.02. The van der Waals surface area contributed by atoms with E-state index in [1.165, 1.54) is 6.33 Å². The van der Waals surface area contributed by atoms with Crippen LogP contribution in [0.4, 0.5) is 28.8 Å². The molecule has 1 aromatic carbocycles. The zero-order chi connectivity index (χ0) is 18.5. The fourth-order valence-corrected chi connectivity index (χ4v) is 2.30. The predicted octanol–water partition coefficient (Wildman–Crippen LogP) is 3.27. The van der Waals surface area contributed by atoms with E-state index in [9.17, 15) is 0 Å². The summed E-state index contributed by atoms with van der Waals surface area (Å²) in [7, 11) is 3.19. The van der Waals surface area contributed by atoms with Crippen LogP contribution in [-0.2, 0) is 0 Å². The van der Waals surface area contributed by atoms with Gasteiger partial charge < -0.3 is 25.8 Å². The van der Waals surface area contributed by atoms with Crippen LogP contribution in [0.2, 0.25) is 0 Å². The van der Waals surface area contributed by atoms with E-state index in [1.54, 1.807) is 32.5 Å². The molecule has 26 heavy (non-hydrogen) atoms. The van der Waals surface area contributed by atoms with Gasteiger partial charge in [0.1, 0.15) is 29.3 Å². The Labute approximate surface area is 151 Å². The molecule has 0 amide bonds. The number of anilines is 5. The number of aryl methyl sites for hydroxylation is 1. The van der Waals surface area contributed by atoms with Crippen LogP contribution in [0.3, 0.4) is 0 Å². The summed E-state index contributed by atoms with van der Waals surface area (Å²) in [6.45, 7) is 1.97. The van der Waals surface area contributed by atoms with Crippen molar-refractivity contribution in [3.8, 4) is 11.5 Å². The van der Waals surface area contributed by atoms with Crippen LogP contribution < -0.4 is 25.8 Å². The lowest BCUT2D eigenvalue weighted by atomic mass is 10.2. The van der Waals surface area contributed by atoms with E-state index in [4.69, 9.17) is 15.2 Å². The molecule has 2 aromatic heterocycles. The number of aromatic nitrogens is 3. The number of hydrogen-bond donors (Lipinski definition) is 3. The highest BCUT2D eigenvalue weighted by molar-refractivity contribution is 5.81. The maximum atomic E-state index is 6.22. The summed E-state index contributed by atoms with van der Waals surface area (Å²) in [4.78, 5) is 12.7. The van der Waals surface area contributed by atoms with Crippen molar-refractivity contribution in [3.63, 3.8) is 0 Å². The number of methoxy groups -OCH3 is 2. The van der Waals surface area contributed by atoms with Gasteiger partial charge in [-0.2, -0.15) is 0 Å². The molecule has 0 radical (unpaired) electrons. The number of rotatable bonds is 6. The number of benzene rings is 1. The molecule has 134 valence electrons. The second kappa shape index (κ2) is 7.56. The summed E-state index contributed by atoms with van der Waals surface area (Å²) >= 11 is 0. The number of ether oxygens (including phenoxy) is 2. The van der Waals surface area contributed by atoms with Crippen molar-refractivity contribution in [1.82, 2.24) is 15.0 Å². The molecular formula is C18H20N6O2. The highest BCUT2D eigenvalue weighted by Gasteiger charge is 2.12. The van der Waals surface area contributed by atoms with Crippen molar-refractivity contribution in [2.75, 3.05) is 30.6 Å². The molecule has 2 heterocycles. The number of hydrogen-bond acceptors (Lipinski definition) is 8. The summed E-state index contributed by atoms with van der Waals surface area (Å²) in [5, 5.41) is 6.25. The van der Waals surface area contributed by atoms with Crippen molar-refractivity contribution >= 4 is 28.8 Å². The van der Waals surface area contributed by atoms with Gasteiger partial charge >= 0.3 is 0 Å². The molecule has 8 nitrogen and oxygen atoms in total. The molecule has 0 bridgehead atoms. The molecule has 4 N–H and O–H groups in total. The lowest BCUT2D eigenvalue weighted by Gasteiger charge is -2.15. The van der Waals surface area contributed by atoms with Gasteiger partial charge in [0.05, 0.1) is 19.9 Å². The lowest BCUT2D eigenvalue weighted by Crippen LogP contribution is -2.06. The number of pyridine rings is 1. The second-order valence-corrected chi connectivity index (χ2v) is 5.52. The van der Waals surface area contributed by atoms with Crippen molar-refractivity contribution in [3.05, 3.63) is 48.4 Å². The van der Waals surface area contributed by atoms with E-state index in [-0.39, 0.29) is 0 Å². The fraction of sp³-hybridized carbons (Fsp3) is 0.167. The van der Waals surface area contributed by atoms with Crippen LogP contribution in [0.25, 0.3) is 0 Å². The number of nitrogens with one attached hydrogen (secondary N) is 2. The van der Waals surface area contributed by atoms with Crippen LogP contribution >= 0.6 is 0 Å². The zero-order valence-electron chi connectivity index (χ0n) is 14.8. The van der Waals surface area contributed by atoms with Crippen LogP contribution in [0.1, 0.15) is 5.56 Å². The summed E-state index contributed by atoms with van der Waals surface area (Å²) in [5.41, 5.74) is 8.33. The SMILES string of the molecule is COc1ccc(OC)c(Nc2ncnc(Nc3ccc(C)cn3)c2N)c1. The first kappa shape index (κ1) is 17.3. The summed E-state index contributed by atoms with van der Waals surface area (Å²) in [5.74, 6) is 2.87. The normalized spacial score (nSPS) is 10.3. The average Bonchev–Trinajstić information content (AvgIpc) is 2.66. The minimum Gasteiger partial charge on any atom is -0.497 e. The fourth-order valence-electron chi connectivity index (χ4n) is 2.30. The number of nitrogens with two attached hydrogens (primary N) is 1. The van der Waals surface area contributed by atoms with Crippen LogP contribution in [0, 0.1) is 6.92 Å². The monoisotopic (exact) mass is 352 g/mol. The Morgan fingerprint density at radius 2 is 1.69 bits per heavy atom. The van der Waals surface area contributed by atoms with Gasteiger partial charge in [-0.05, 0) is 30.7 Å². The highest BCUT2D eigenvalue weighted by Crippen LogP contribution is 2.34. The Balaban J connectivity index is 1.89. The summed E-state index contributed by atoms with van der Waals surface area (Å²) in [6, 6.07) is 9.22. The van der Waals surface area contributed by atoms with Gasteiger partial charge in [-0.1, -0.05) is 6.07 Å². The van der Waals surface area contributed by atoms with Crippen LogP contribution in [0.15, 0.2) is 42.9 Å². The third kappa shape index (κ3) is 3.75. The molecule has 0 atom stereocenters. The maximum absolute atomic E-state index is 6.22. The first-order valence-electron chi connectivity index (χ1n) is 7.90. The van der Waals surface area contributed by atoms with E-state index >= 15 is 0 Å². The molecule has 0 aliphatic carbocycles. The summed E-state index contributed by atoms with van der Waals surface area (Å²) < 4.78 is 10.6. The van der Waals surface area contributed by atoms with E-state index in [0.29, 0.717) is 40.3 Å². The van der Waals surface area contributed by atoms with Gasteiger partial charge in [0.2, 0.25) is 0 Å². The lowest BCUT2D eigenvalue weighted by molar-refractivity contribution is 0.405. The van der Waals surface area contributed by atoms with E-state index in [0.717, 1.165) is 5.56 Å². The van der Waals surface area contributed by atoms with Gasteiger partial charge in [0, 0.05) is 12.3 Å². The Morgan fingerprint density at radius 3 is 2.35 bits per heavy atom. The van der Waals surface area contributed by atoms with Gasteiger partial charge in [-0.25, -0.2) is 15.0 Å². The van der Waals surface area contributed by atoms with Crippen LogP contribution in [0.5, 0.6) is 11.5 Å². The smallest absolute Gasteiger partial charge is 0.160 e. The quantitative estimate of drug-likeness (QED) is 0.620. The maximum Gasteiger partial charge on any atom is 0.160 e. The molecular weight excluding hydrogens is 332 g/mol. The van der Waals surface area contributed by atoms with Gasteiger partial charge in [0.15, 0.2) is 11.6 Å². The molecule has 0 aliphatic rings. The van der Waals surface area contributed by atoms with E-state index < -0.39 is 0 Å². The van der Waals surface area contributed by atoms with Gasteiger partial charge in [0.25, 0.3) is 0 Å². The average molecular weight is 352 g/mol. The van der Waals surface area contributed by atoms with Crippen molar-refractivity contribution in [2.45, 2.75) is 6.92 Å².